The molecule has 1 aromatic rings. The molecule has 1 aliphatic carbocycles. The van der Waals surface area contributed by atoms with E-state index in [-0.39, 0.29) is 12.4 Å². The van der Waals surface area contributed by atoms with Crippen LogP contribution in [0.3, 0.4) is 0 Å². The summed E-state index contributed by atoms with van der Waals surface area (Å²) in [5.74, 6) is 2.38. The third-order valence-corrected chi connectivity index (χ3v) is 2.91. The van der Waals surface area contributed by atoms with Crippen molar-refractivity contribution in [3.8, 4) is 0 Å². The summed E-state index contributed by atoms with van der Waals surface area (Å²) in [4.78, 5) is 4.21. The fourth-order valence-corrected chi connectivity index (χ4v) is 1.97. The lowest BCUT2D eigenvalue weighted by atomic mass is 9.94. The van der Waals surface area contributed by atoms with E-state index in [1.807, 2.05) is 12.1 Å². The summed E-state index contributed by atoms with van der Waals surface area (Å²) in [5.41, 5.74) is 0. The molecule has 0 radical (unpaired) electrons. The number of aliphatic imine (C=N–C) groups is 1. The Hall–Kier alpha value is -1.22. The van der Waals surface area contributed by atoms with Crippen molar-refractivity contribution in [3.05, 3.63) is 36.3 Å². The zero-order valence-corrected chi connectivity index (χ0v) is 10.9. The lowest BCUT2D eigenvalue weighted by Crippen LogP contribution is -2.30. The summed E-state index contributed by atoms with van der Waals surface area (Å²) in [7, 11) is 1.78. The molecule has 0 spiro atoms. The van der Waals surface area contributed by atoms with Crippen LogP contribution in [0.25, 0.3) is 0 Å². The van der Waals surface area contributed by atoms with Gasteiger partial charge >= 0.3 is 0 Å². The van der Waals surface area contributed by atoms with Crippen molar-refractivity contribution in [3.63, 3.8) is 0 Å². The summed E-state index contributed by atoms with van der Waals surface area (Å²) in [6.45, 7) is 0.970. The maximum Gasteiger partial charge on any atom is 0.168 e. The molecular weight excluding hydrogens is 236 g/mol. The lowest BCUT2D eigenvalue weighted by Gasteiger charge is -2.18. The van der Waals surface area contributed by atoms with Gasteiger partial charge in [0, 0.05) is 13.6 Å². The Morgan fingerprint density at radius 1 is 1.53 bits per heavy atom. The summed E-state index contributed by atoms with van der Waals surface area (Å²) in [6.07, 6.45) is 9.83. The molecule has 1 N–H and O–H groups in total. The van der Waals surface area contributed by atoms with Crippen LogP contribution in [0.2, 0.25) is 0 Å². The van der Waals surface area contributed by atoms with Crippen LogP contribution in [0, 0.1) is 5.92 Å². The van der Waals surface area contributed by atoms with Crippen LogP contribution in [-0.2, 0) is 0 Å². The highest BCUT2D eigenvalue weighted by molar-refractivity contribution is 5.96. The maximum absolute atomic E-state index is 5.32. The monoisotopic (exact) mass is 254 g/mol. The van der Waals surface area contributed by atoms with Crippen LogP contribution < -0.4 is 5.32 Å². The molecule has 0 saturated carbocycles. The van der Waals surface area contributed by atoms with Crippen LogP contribution in [0.4, 0.5) is 0 Å². The van der Waals surface area contributed by atoms with E-state index < -0.39 is 0 Å². The molecule has 2 rings (SSSR count). The summed E-state index contributed by atoms with van der Waals surface area (Å²) < 4.78 is 5.32. The highest BCUT2D eigenvalue weighted by Gasteiger charge is 2.11. The predicted molar refractivity (Wildman–Crippen MR) is 72.9 cm³/mol. The first-order valence-electron chi connectivity index (χ1n) is 5.79. The Labute approximate surface area is 108 Å². The summed E-state index contributed by atoms with van der Waals surface area (Å²) >= 11 is 0. The first kappa shape index (κ1) is 13.8. The van der Waals surface area contributed by atoms with E-state index in [4.69, 9.17) is 4.42 Å². The van der Waals surface area contributed by atoms with Crippen LogP contribution >= 0.6 is 12.4 Å². The standard InChI is InChI=1S/C13H18N2O.ClH/c1-14-13(12-8-5-9-16-12)15-10-11-6-3-2-4-7-11;/h2-3,5,8-9,11H,4,6-7,10H2,1H3,(H,14,15);1H. The molecule has 4 heteroatoms. The van der Waals surface area contributed by atoms with Gasteiger partial charge in [-0.05, 0) is 37.3 Å². The molecule has 0 fully saturated rings. The van der Waals surface area contributed by atoms with Crippen molar-refractivity contribution in [2.24, 2.45) is 10.9 Å². The number of hydrogen-bond donors (Lipinski definition) is 1. The first-order valence-corrected chi connectivity index (χ1v) is 5.79. The smallest absolute Gasteiger partial charge is 0.168 e. The maximum atomic E-state index is 5.32. The quantitative estimate of drug-likeness (QED) is 0.512. The summed E-state index contributed by atoms with van der Waals surface area (Å²) in [6, 6.07) is 3.81. The third kappa shape index (κ3) is 3.93. The SMILES string of the molecule is CN=C(NCC1CC=CCC1)c1ccco1.Cl. The van der Waals surface area contributed by atoms with Gasteiger partial charge in [0.25, 0.3) is 0 Å². The van der Waals surface area contributed by atoms with Gasteiger partial charge in [-0.25, -0.2) is 0 Å². The molecule has 0 amide bonds. The van der Waals surface area contributed by atoms with Gasteiger partial charge in [-0.3, -0.25) is 4.99 Å². The van der Waals surface area contributed by atoms with Crippen LogP contribution in [0.15, 0.2) is 40.0 Å². The average Bonchev–Trinajstić information content (AvgIpc) is 2.85. The van der Waals surface area contributed by atoms with Gasteiger partial charge in [-0.2, -0.15) is 0 Å². The molecule has 1 heterocycles. The zero-order valence-electron chi connectivity index (χ0n) is 10.1. The highest BCUT2D eigenvalue weighted by atomic mass is 35.5. The van der Waals surface area contributed by atoms with E-state index in [1.165, 1.54) is 19.3 Å². The van der Waals surface area contributed by atoms with Crippen molar-refractivity contribution >= 4 is 18.2 Å². The Kier molecular flexibility index (Phi) is 5.84. The minimum atomic E-state index is 0. The molecule has 1 unspecified atom stereocenters. The van der Waals surface area contributed by atoms with Crippen molar-refractivity contribution < 1.29 is 4.42 Å². The van der Waals surface area contributed by atoms with E-state index in [1.54, 1.807) is 13.3 Å². The molecule has 0 aliphatic heterocycles. The molecule has 1 aromatic heterocycles. The molecule has 0 aromatic carbocycles. The largest absolute Gasteiger partial charge is 0.461 e. The van der Waals surface area contributed by atoms with E-state index in [0.717, 1.165) is 24.1 Å². The minimum Gasteiger partial charge on any atom is -0.461 e. The topological polar surface area (TPSA) is 37.5 Å². The van der Waals surface area contributed by atoms with Crippen molar-refractivity contribution in [2.75, 3.05) is 13.6 Å². The predicted octanol–water partition coefficient (Wildman–Crippen LogP) is 3.02. The van der Waals surface area contributed by atoms with Crippen molar-refractivity contribution in [2.45, 2.75) is 19.3 Å². The summed E-state index contributed by atoms with van der Waals surface area (Å²) in [5, 5.41) is 3.36. The van der Waals surface area contributed by atoms with E-state index in [0.29, 0.717) is 0 Å². The Bertz CT molecular complexity index is 371. The molecule has 3 nitrogen and oxygen atoms in total. The van der Waals surface area contributed by atoms with Crippen molar-refractivity contribution in [1.82, 2.24) is 5.32 Å². The Balaban J connectivity index is 0.00000144. The number of amidine groups is 1. The third-order valence-electron chi connectivity index (χ3n) is 2.91. The molecule has 17 heavy (non-hydrogen) atoms. The fraction of sp³-hybridized carbons (Fsp3) is 0.462. The first-order chi connectivity index (χ1) is 7.90. The number of allylic oxidation sites excluding steroid dienone is 2. The zero-order chi connectivity index (χ0) is 11.2. The minimum absolute atomic E-state index is 0. The normalized spacial score (nSPS) is 19.8. The van der Waals surface area contributed by atoms with Crippen molar-refractivity contribution in [1.29, 1.82) is 0 Å². The Morgan fingerprint density at radius 2 is 2.41 bits per heavy atom. The molecule has 1 aliphatic rings. The average molecular weight is 255 g/mol. The number of furan rings is 1. The second kappa shape index (κ2) is 7.17. The van der Waals surface area contributed by atoms with Gasteiger partial charge in [0.15, 0.2) is 11.6 Å². The Morgan fingerprint density at radius 3 is 3.00 bits per heavy atom. The van der Waals surface area contributed by atoms with Gasteiger partial charge in [0.2, 0.25) is 0 Å². The van der Waals surface area contributed by atoms with Crippen LogP contribution in [0.5, 0.6) is 0 Å². The second-order valence-corrected chi connectivity index (χ2v) is 4.08. The van der Waals surface area contributed by atoms with Crippen LogP contribution in [0.1, 0.15) is 25.0 Å². The van der Waals surface area contributed by atoms with Crippen LogP contribution in [-0.4, -0.2) is 19.4 Å². The number of hydrogen-bond acceptors (Lipinski definition) is 2. The molecule has 94 valence electrons. The molecular formula is C13H19ClN2O. The lowest BCUT2D eigenvalue weighted by molar-refractivity contribution is 0.469. The van der Waals surface area contributed by atoms with Gasteiger partial charge < -0.3 is 9.73 Å². The second-order valence-electron chi connectivity index (χ2n) is 4.08. The van der Waals surface area contributed by atoms with E-state index in [9.17, 15) is 0 Å². The molecule has 1 atom stereocenters. The van der Waals surface area contributed by atoms with E-state index >= 15 is 0 Å². The number of nitrogens with zero attached hydrogens (tertiary/aromatic N) is 1. The fourth-order valence-electron chi connectivity index (χ4n) is 1.97. The molecule has 0 bridgehead atoms. The van der Waals surface area contributed by atoms with E-state index in [2.05, 4.69) is 22.5 Å². The van der Waals surface area contributed by atoms with Gasteiger partial charge in [0.1, 0.15) is 0 Å². The number of rotatable bonds is 3. The van der Waals surface area contributed by atoms with Gasteiger partial charge in [-0.15, -0.1) is 12.4 Å². The number of halogens is 1. The highest BCUT2D eigenvalue weighted by Crippen LogP contribution is 2.17. The number of nitrogens with one attached hydrogen (secondary N) is 1. The molecule has 0 saturated heterocycles. The van der Waals surface area contributed by atoms with Gasteiger partial charge in [-0.1, -0.05) is 12.2 Å². The van der Waals surface area contributed by atoms with Gasteiger partial charge in [0.05, 0.1) is 6.26 Å².